The fourth-order valence-corrected chi connectivity index (χ4v) is 6.74. The molecule has 2 amide bonds. The molecule has 52 heavy (non-hydrogen) atoms. The molecule has 0 saturated carbocycles. The van der Waals surface area contributed by atoms with E-state index in [4.69, 9.17) is 30.5 Å². The number of halogens is 1. The van der Waals surface area contributed by atoms with Gasteiger partial charge in [-0.2, -0.15) is 0 Å². The standard InChI is InChI=1S/C41H47ClN2O8/c1-25(2)20-35-41(48)51-33(26(3)38-39(52-38)29-14-9-6-10-15-29)16-11-17-36(45)44-32(23-28-18-19-34(49-4)31(42)22-28)40(47)43-30(24-37(46)50-35)21-27-12-7-5-8-13-27/h5-15,17-19,22,25-26,30,32-33,35,38-39H,16,20-21,23-24H2,1-4H3,(H,43,47)(H,44,45)/t26-,30+,32+,33-,35-,38?,39-/m0/s1. The van der Waals surface area contributed by atoms with E-state index in [-0.39, 0.29) is 49.7 Å². The fraction of sp³-hybridized carbons (Fsp3) is 0.415. The molecule has 2 aliphatic rings. The number of carbonyl (C=O) groups is 4. The van der Waals surface area contributed by atoms with E-state index < -0.39 is 48.0 Å². The van der Waals surface area contributed by atoms with Crippen molar-refractivity contribution in [1.29, 1.82) is 0 Å². The number of amides is 2. The Kier molecular flexibility index (Phi) is 13.5. The minimum atomic E-state index is -1.16. The lowest BCUT2D eigenvalue weighted by Gasteiger charge is -2.27. The number of nitrogens with one attached hydrogen (secondary N) is 2. The molecular formula is C41H47ClN2O8. The van der Waals surface area contributed by atoms with Crippen LogP contribution in [0.5, 0.6) is 5.75 Å². The monoisotopic (exact) mass is 730 g/mol. The molecule has 2 N–H and O–H groups in total. The lowest BCUT2D eigenvalue weighted by molar-refractivity contribution is -0.174. The molecule has 2 aliphatic heterocycles. The highest BCUT2D eigenvalue weighted by molar-refractivity contribution is 6.32. The van der Waals surface area contributed by atoms with E-state index in [1.165, 1.54) is 13.2 Å². The minimum Gasteiger partial charge on any atom is -0.495 e. The van der Waals surface area contributed by atoms with Gasteiger partial charge < -0.3 is 29.6 Å². The van der Waals surface area contributed by atoms with Gasteiger partial charge in [0.05, 0.1) is 24.7 Å². The first-order chi connectivity index (χ1) is 25.0. The number of rotatable bonds is 10. The van der Waals surface area contributed by atoms with Crippen molar-refractivity contribution >= 4 is 35.4 Å². The van der Waals surface area contributed by atoms with Crippen LogP contribution >= 0.6 is 11.6 Å². The third kappa shape index (κ3) is 10.9. The summed E-state index contributed by atoms with van der Waals surface area (Å²) >= 11 is 6.39. The highest BCUT2D eigenvalue weighted by atomic mass is 35.5. The molecule has 11 heteroatoms. The van der Waals surface area contributed by atoms with Crippen molar-refractivity contribution in [3.05, 3.63) is 113 Å². The van der Waals surface area contributed by atoms with Gasteiger partial charge in [0.2, 0.25) is 11.8 Å². The van der Waals surface area contributed by atoms with Crippen molar-refractivity contribution in [2.24, 2.45) is 11.8 Å². The molecule has 0 radical (unpaired) electrons. The molecule has 0 spiro atoms. The Labute approximate surface area is 310 Å². The quantitative estimate of drug-likeness (QED) is 0.189. The van der Waals surface area contributed by atoms with Crippen LogP contribution in [0.15, 0.2) is 91.0 Å². The van der Waals surface area contributed by atoms with E-state index in [2.05, 4.69) is 10.6 Å². The highest BCUT2D eigenvalue weighted by Crippen LogP contribution is 2.45. The molecule has 1 saturated heterocycles. The van der Waals surface area contributed by atoms with Crippen molar-refractivity contribution in [1.82, 2.24) is 10.6 Å². The predicted octanol–water partition coefficient (Wildman–Crippen LogP) is 6.10. The minimum absolute atomic E-state index is 0.0108. The zero-order valence-corrected chi connectivity index (χ0v) is 30.7. The van der Waals surface area contributed by atoms with Crippen LogP contribution in [-0.4, -0.2) is 61.3 Å². The number of benzene rings is 3. The normalized spacial score (nSPS) is 25.0. The number of carbonyl (C=O) groups excluding carboxylic acids is 4. The van der Waals surface area contributed by atoms with Crippen LogP contribution in [0.4, 0.5) is 0 Å². The maximum atomic E-state index is 14.0. The number of esters is 2. The van der Waals surface area contributed by atoms with Crippen LogP contribution in [-0.2, 0) is 46.2 Å². The van der Waals surface area contributed by atoms with E-state index >= 15 is 0 Å². The van der Waals surface area contributed by atoms with Gasteiger partial charge in [-0.3, -0.25) is 14.4 Å². The molecule has 7 atom stereocenters. The zero-order valence-electron chi connectivity index (χ0n) is 30.0. The van der Waals surface area contributed by atoms with Crippen LogP contribution in [0.1, 0.15) is 62.8 Å². The summed E-state index contributed by atoms with van der Waals surface area (Å²) in [4.78, 5) is 54.6. The first kappa shape index (κ1) is 38.6. The van der Waals surface area contributed by atoms with E-state index in [0.29, 0.717) is 22.8 Å². The average molecular weight is 731 g/mol. The van der Waals surface area contributed by atoms with Gasteiger partial charge in [-0.15, -0.1) is 0 Å². The van der Waals surface area contributed by atoms with E-state index in [1.807, 2.05) is 81.4 Å². The van der Waals surface area contributed by atoms with Crippen molar-refractivity contribution in [2.75, 3.05) is 7.11 Å². The van der Waals surface area contributed by atoms with Gasteiger partial charge in [0.25, 0.3) is 0 Å². The second-order valence-electron chi connectivity index (χ2n) is 13.8. The molecule has 0 aromatic heterocycles. The van der Waals surface area contributed by atoms with Gasteiger partial charge >= 0.3 is 11.9 Å². The summed E-state index contributed by atoms with van der Waals surface area (Å²) in [5, 5.41) is 6.16. The SMILES string of the molecule is COc1ccc(C[C@H]2NC(=O)C=CC[C@@H]([C@H](C)C3O[C@H]3c3ccccc3)OC(=O)[C@H](CC(C)C)OC(=O)C[C@@H](Cc3ccccc3)NC2=O)cc1Cl. The third-order valence-electron chi connectivity index (χ3n) is 9.26. The van der Waals surface area contributed by atoms with Crippen molar-refractivity contribution in [3.8, 4) is 5.75 Å². The number of methoxy groups -OCH3 is 1. The molecule has 10 nitrogen and oxygen atoms in total. The second-order valence-corrected chi connectivity index (χ2v) is 14.3. The van der Waals surface area contributed by atoms with Gasteiger partial charge in [-0.05, 0) is 53.7 Å². The number of ether oxygens (including phenoxy) is 4. The van der Waals surface area contributed by atoms with Crippen LogP contribution in [0.25, 0.3) is 0 Å². The van der Waals surface area contributed by atoms with E-state index in [9.17, 15) is 19.2 Å². The summed E-state index contributed by atoms with van der Waals surface area (Å²) < 4.78 is 23.3. The molecule has 1 fully saturated rings. The predicted molar refractivity (Wildman–Crippen MR) is 197 cm³/mol. The summed E-state index contributed by atoms with van der Waals surface area (Å²) in [6.45, 7) is 5.80. The van der Waals surface area contributed by atoms with Gasteiger partial charge in [-0.1, -0.05) is 105 Å². The first-order valence-electron chi connectivity index (χ1n) is 17.7. The topological polar surface area (TPSA) is 133 Å². The van der Waals surface area contributed by atoms with Gasteiger partial charge in [-0.25, -0.2) is 4.79 Å². The fourth-order valence-electron chi connectivity index (χ4n) is 6.46. The van der Waals surface area contributed by atoms with E-state index in [0.717, 1.165) is 11.1 Å². The average Bonchev–Trinajstić information content (AvgIpc) is 3.92. The summed E-state index contributed by atoms with van der Waals surface area (Å²) in [6, 6.07) is 22.6. The molecule has 5 rings (SSSR count). The van der Waals surface area contributed by atoms with Crippen LogP contribution in [0.3, 0.4) is 0 Å². The van der Waals surface area contributed by atoms with Gasteiger partial charge in [0.1, 0.15) is 24.0 Å². The number of hydrogen-bond donors (Lipinski definition) is 2. The Balaban J connectivity index is 1.44. The number of cyclic esters (lactones) is 2. The summed E-state index contributed by atoms with van der Waals surface area (Å²) in [7, 11) is 1.51. The second kappa shape index (κ2) is 18.2. The van der Waals surface area contributed by atoms with Gasteiger partial charge in [0.15, 0.2) is 6.10 Å². The lowest BCUT2D eigenvalue weighted by atomic mass is 9.93. The summed E-state index contributed by atoms with van der Waals surface area (Å²) in [5.74, 6) is -2.09. The van der Waals surface area contributed by atoms with Crippen LogP contribution < -0.4 is 15.4 Å². The number of hydrogen-bond acceptors (Lipinski definition) is 8. The lowest BCUT2D eigenvalue weighted by Crippen LogP contribution is -2.51. The van der Waals surface area contributed by atoms with Crippen LogP contribution in [0.2, 0.25) is 5.02 Å². The van der Waals surface area contributed by atoms with Crippen molar-refractivity contribution in [3.63, 3.8) is 0 Å². The number of epoxide rings is 1. The Hall–Kier alpha value is -4.67. The maximum absolute atomic E-state index is 14.0. The Morgan fingerprint density at radius 3 is 2.25 bits per heavy atom. The molecule has 3 aromatic rings. The van der Waals surface area contributed by atoms with Crippen molar-refractivity contribution in [2.45, 2.75) is 89.4 Å². The molecule has 3 aromatic carbocycles. The molecular weight excluding hydrogens is 684 g/mol. The molecule has 276 valence electrons. The van der Waals surface area contributed by atoms with Crippen molar-refractivity contribution < 1.29 is 38.1 Å². The Bertz CT molecular complexity index is 1720. The first-order valence-corrected chi connectivity index (χ1v) is 18.1. The summed E-state index contributed by atoms with van der Waals surface area (Å²) in [5.41, 5.74) is 2.60. The Morgan fingerprint density at radius 2 is 1.58 bits per heavy atom. The summed E-state index contributed by atoms with van der Waals surface area (Å²) in [6.07, 6.45) is 1.38. The third-order valence-corrected chi connectivity index (χ3v) is 9.55. The Morgan fingerprint density at radius 1 is 0.865 bits per heavy atom. The van der Waals surface area contributed by atoms with E-state index in [1.54, 1.807) is 24.3 Å². The molecule has 0 bridgehead atoms. The zero-order chi connectivity index (χ0) is 37.2. The molecule has 2 heterocycles. The maximum Gasteiger partial charge on any atom is 0.347 e. The smallest absolute Gasteiger partial charge is 0.347 e. The molecule has 1 unspecified atom stereocenters. The molecule has 0 aliphatic carbocycles. The van der Waals surface area contributed by atoms with Gasteiger partial charge in [0, 0.05) is 24.8 Å². The highest BCUT2D eigenvalue weighted by Gasteiger charge is 2.47. The largest absolute Gasteiger partial charge is 0.495 e. The van der Waals surface area contributed by atoms with Crippen LogP contribution in [0, 0.1) is 11.8 Å².